The first-order valence-electron chi connectivity index (χ1n) is 7.07. The molecule has 2 unspecified atom stereocenters. The summed E-state index contributed by atoms with van der Waals surface area (Å²) in [7, 11) is 0. The van der Waals surface area contributed by atoms with Gasteiger partial charge in [0.15, 0.2) is 0 Å². The Hall–Kier alpha value is -1.82. The molecule has 0 spiro atoms. The molecule has 0 saturated carbocycles. The van der Waals surface area contributed by atoms with Gasteiger partial charge in [0, 0.05) is 24.8 Å². The van der Waals surface area contributed by atoms with Gasteiger partial charge in [-0.05, 0) is 37.9 Å². The number of aromatic nitrogens is 1. The van der Waals surface area contributed by atoms with E-state index in [2.05, 4.69) is 10.2 Å². The third-order valence-corrected chi connectivity index (χ3v) is 4.29. The highest BCUT2D eigenvalue weighted by Gasteiger charge is 2.38. The smallest absolute Gasteiger partial charge is 0.323 e. The predicted octanol–water partition coefficient (Wildman–Crippen LogP) is 0.539. The maximum atomic E-state index is 12.3. The van der Waals surface area contributed by atoms with Gasteiger partial charge in [0.1, 0.15) is 12.2 Å². The molecule has 2 N–H and O–H groups in total. The van der Waals surface area contributed by atoms with Crippen LogP contribution in [0.1, 0.15) is 29.8 Å². The predicted molar refractivity (Wildman–Crippen MR) is 72.5 cm³/mol. The van der Waals surface area contributed by atoms with E-state index in [1.807, 2.05) is 0 Å². The number of nitrogens with one attached hydrogen (secondary N) is 1. The van der Waals surface area contributed by atoms with Crippen molar-refractivity contribution in [3.63, 3.8) is 0 Å². The van der Waals surface area contributed by atoms with Crippen LogP contribution in [0.3, 0.4) is 0 Å². The van der Waals surface area contributed by atoms with Crippen molar-refractivity contribution < 1.29 is 14.7 Å². The first kappa shape index (κ1) is 13.2. The summed E-state index contributed by atoms with van der Waals surface area (Å²) in [5.74, 6) is -1.12. The van der Waals surface area contributed by atoms with Crippen molar-refractivity contribution in [2.24, 2.45) is 0 Å². The lowest BCUT2D eigenvalue weighted by atomic mass is 10.1. The molecular formula is C14H19N3O3. The van der Waals surface area contributed by atoms with E-state index in [1.54, 1.807) is 18.3 Å². The van der Waals surface area contributed by atoms with Crippen LogP contribution in [-0.2, 0) is 11.3 Å². The monoisotopic (exact) mass is 277 g/mol. The van der Waals surface area contributed by atoms with Gasteiger partial charge in [0.25, 0.3) is 5.91 Å². The number of carboxylic acids is 1. The van der Waals surface area contributed by atoms with Crippen LogP contribution in [0.4, 0.5) is 0 Å². The summed E-state index contributed by atoms with van der Waals surface area (Å²) in [6.07, 6.45) is 4.95. The highest BCUT2D eigenvalue weighted by atomic mass is 16.4. The van der Waals surface area contributed by atoms with Gasteiger partial charge >= 0.3 is 5.97 Å². The van der Waals surface area contributed by atoms with E-state index in [-0.39, 0.29) is 18.5 Å². The summed E-state index contributed by atoms with van der Waals surface area (Å²) in [4.78, 5) is 25.5. The second kappa shape index (κ2) is 5.28. The lowest BCUT2D eigenvalue weighted by Crippen LogP contribution is -2.43. The van der Waals surface area contributed by atoms with Gasteiger partial charge in [-0.2, -0.15) is 0 Å². The first-order valence-corrected chi connectivity index (χ1v) is 7.07. The third kappa shape index (κ3) is 2.43. The molecule has 2 fully saturated rings. The average Bonchev–Trinajstić information content (AvgIpc) is 3.06. The molecule has 6 heteroatoms. The summed E-state index contributed by atoms with van der Waals surface area (Å²) >= 11 is 0. The van der Waals surface area contributed by atoms with E-state index >= 15 is 0 Å². The fourth-order valence-corrected chi connectivity index (χ4v) is 3.40. The fourth-order valence-electron chi connectivity index (χ4n) is 3.40. The normalized spacial score (nSPS) is 25.6. The van der Waals surface area contributed by atoms with E-state index < -0.39 is 5.97 Å². The van der Waals surface area contributed by atoms with E-state index in [4.69, 9.17) is 5.11 Å². The number of amides is 1. The van der Waals surface area contributed by atoms with Crippen LogP contribution in [-0.4, -0.2) is 51.6 Å². The zero-order valence-electron chi connectivity index (χ0n) is 11.3. The quantitative estimate of drug-likeness (QED) is 0.842. The van der Waals surface area contributed by atoms with Gasteiger partial charge in [-0.3, -0.25) is 14.5 Å². The Bertz CT molecular complexity index is 525. The molecule has 0 aliphatic carbocycles. The molecule has 3 heterocycles. The number of carbonyl (C=O) groups is 2. The second-order valence-corrected chi connectivity index (χ2v) is 5.53. The summed E-state index contributed by atoms with van der Waals surface area (Å²) in [5.41, 5.74) is 0.420. The van der Waals surface area contributed by atoms with Crippen molar-refractivity contribution in [1.29, 1.82) is 0 Å². The van der Waals surface area contributed by atoms with Crippen LogP contribution in [0, 0.1) is 0 Å². The number of hydrogen-bond acceptors (Lipinski definition) is 3. The number of carboxylic acid groups (broad SMARTS) is 1. The van der Waals surface area contributed by atoms with E-state index in [0.717, 1.165) is 25.9 Å². The number of carbonyl (C=O) groups excluding carboxylic acids is 1. The SMILES string of the molecule is O=C(O)Cn1cccc1C(=O)NC1CCN2CCCC12. The highest BCUT2D eigenvalue weighted by Crippen LogP contribution is 2.28. The standard InChI is InChI=1S/C14H19N3O3/c18-13(19)9-17-7-2-4-12(17)14(20)15-10-5-8-16-6-1-3-11(10)16/h2,4,7,10-11H,1,3,5-6,8-9H2,(H,15,20)(H,18,19). The number of aliphatic carboxylic acids is 1. The summed E-state index contributed by atoms with van der Waals surface area (Å²) in [6.45, 7) is 1.99. The second-order valence-electron chi connectivity index (χ2n) is 5.53. The largest absolute Gasteiger partial charge is 0.480 e. The molecule has 2 aliphatic heterocycles. The van der Waals surface area contributed by atoms with Crippen LogP contribution in [0.25, 0.3) is 0 Å². The van der Waals surface area contributed by atoms with Gasteiger partial charge in [0.2, 0.25) is 0 Å². The minimum absolute atomic E-state index is 0.171. The Morgan fingerprint density at radius 2 is 2.20 bits per heavy atom. The van der Waals surface area contributed by atoms with Crippen LogP contribution in [0.15, 0.2) is 18.3 Å². The maximum absolute atomic E-state index is 12.3. The average molecular weight is 277 g/mol. The van der Waals surface area contributed by atoms with Crippen molar-refractivity contribution in [3.8, 4) is 0 Å². The fraction of sp³-hybridized carbons (Fsp3) is 0.571. The molecule has 20 heavy (non-hydrogen) atoms. The number of fused-ring (bicyclic) bond motifs is 1. The minimum atomic E-state index is -0.946. The zero-order chi connectivity index (χ0) is 14.1. The topological polar surface area (TPSA) is 74.6 Å². The summed E-state index contributed by atoms with van der Waals surface area (Å²) in [5, 5.41) is 11.9. The van der Waals surface area contributed by atoms with Crippen molar-refractivity contribution in [2.45, 2.75) is 37.9 Å². The molecule has 108 valence electrons. The molecule has 6 nitrogen and oxygen atoms in total. The molecule has 2 saturated heterocycles. The molecule has 0 radical (unpaired) electrons. The summed E-state index contributed by atoms with van der Waals surface area (Å²) in [6, 6.07) is 4.02. The zero-order valence-corrected chi connectivity index (χ0v) is 11.3. The van der Waals surface area contributed by atoms with Gasteiger partial charge in [-0.1, -0.05) is 0 Å². The number of rotatable bonds is 4. The number of hydrogen-bond donors (Lipinski definition) is 2. The molecular weight excluding hydrogens is 258 g/mol. The summed E-state index contributed by atoms with van der Waals surface area (Å²) < 4.78 is 1.47. The molecule has 2 aliphatic rings. The van der Waals surface area contributed by atoms with Gasteiger partial charge in [0.05, 0.1) is 0 Å². The number of nitrogens with zero attached hydrogens (tertiary/aromatic N) is 2. The molecule has 0 bridgehead atoms. The van der Waals surface area contributed by atoms with Gasteiger partial charge in [-0.15, -0.1) is 0 Å². The van der Waals surface area contributed by atoms with E-state index in [1.165, 1.54) is 11.0 Å². The molecule has 3 rings (SSSR count). The third-order valence-electron chi connectivity index (χ3n) is 4.29. The van der Waals surface area contributed by atoms with E-state index in [9.17, 15) is 9.59 Å². The van der Waals surface area contributed by atoms with Crippen LogP contribution < -0.4 is 5.32 Å². The molecule has 2 atom stereocenters. The Balaban J connectivity index is 1.67. The van der Waals surface area contributed by atoms with Crippen LogP contribution >= 0.6 is 0 Å². The lowest BCUT2D eigenvalue weighted by Gasteiger charge is -2.21. The van der Waals surface area contributed by atoms with E-state index in [0.29, 0.717) is 11.7 Å². The minimum Gasteiger partial charge on any atom is -0.480 e. The molecule has 1 aromatic rings. The van der Waals surface area contributed by atoms with Crippen molar-refractivity contribution in [1.82, 2.24) is 14.8 Å². The first-order chi connectivity index (χ1) is 9.65. The molecule has 0 aromatic carbocycles. The Morgan fingerprint density at radius 1 is 1.35 bits per heavy atom. The molecule has 1 aromatic heterocycles. The Morgan fingerprint density at radius 3 is 3.00 bits per heavy atom. The lowest BCUT2D eigenvalue weighted by molar-refractivity contribution is -0.137. The Labute approximate surface area is 117 Å². The van der Waals surface area contributed by atoms with Gasteiger partial charge < -0.3 is 15.0 Å². The Kier molecular flexibility index (Phi) is 3.48. The van der Waals surface area contributed by atoms with Crippen LogP contribution in [0.5, 0.6) is 0 Å². The van der Waals surface area contributed by atoms with Crippen molar-refractivity contribution >= 4 is 11.9 Å². The van der Waals surface area contributed by atoms with Gasteiger partial charge in [-0.25, -0.2) is 0 Å². The molecule has 1 amide bonds. The maximum Gasteiger partial charge on any atom is 0.323 e. The van der Waals surface area contributed by atoms with Crippen molar-refractivity contribution in [3.05, 3.63) is 24.0 Å². The van der Waals surface area contributed by atoms with Crippen LogP contribution in [0.2, 0.25) is 0 Å². The highest BCUT2D eigenvalue weighted by molar-refractivity contribution is 5.93. The van der Waals surface area contributed by atoms with Crippen molar-refractivity contribution in [2.75, 3.05) is 13.1 Å².